The fourth-order valence-corrected chi connectivity index (χ4v) is 1.17. The number of hydrogen-bond acceptors (Lipinski definition) is 5. The summed E-state index contributed by atoms with van der Waals surface area (Å²) in [5.74, 6) is -0.750. The van der Waals surface area contributed by atoms with Gasteiger partial charge in [0.25, 0.3) is 0 Å². The molecule has 1 heterocycles. The van der Waals surface area contributed by atoms with Gasteiger partial charge in [-0.15, -0.1) is 0 Å². The molecule has 0 bridgehead atoms. The molecule has 1 amide bonds. The minimum absolute atomic E-state index is 0.0818. The van der Waals surface area contributed by atoms with Crippen molar-refractivity contribution >= 4 is 29.0 Å². The van der Waals surface area contributed by atoms with Crippen molar-refractivity contribution in [1.82, 2.24) is 4.98 Å². The molecule has 17 heavy (non-hydrogen) atoms. The first-order chi connectivity index (χ1) is 7.74. The van der Waals surface area contributed by atoms with Crippen LogP contribution in [0.2, 0.25) is 5.15 Å². The highest BCUT2D eigenvalue weighted by molar-refractivity contribution is 6.29. The minimum atomic E-state index is -1.16. The molecule has 1 aromatic heterocycles. The molecule has 92 valence electrons. The van der Waals surface area contributed by atoms with Crippen LogP contribution in [0, 0.1) is 10.1 Å². The third-order valence-corrected chi connectivity index (χ3v) is 2.29. The third kappa shape index (κ3) is 3.04. The maximum Gasteiger partial charge on any atom is 0.311 e. The van der Waals surface area contributed by atoms with Crippen LogP contribution in [0.5, 0.6) is 0 Å². The van der Waals surface area contributed by atoms with Crippen molar-refractivity contribution in [2.24, 2.45) is 5.73 Å². The van der Waals surface area contributed by atoms with E-state index in [9.17, 15) is 14.9 Å². The second-order valence-corrected chi connectivity index (χ2v) is 4.26. The molecule has 1 rings (SSSR count). The van der Waals surface area contributed by atoms with Gasteiger partial charge in [-0.25, -0.2) is 4.98 Å². The smallest absolute Gasteiger partial charge is 0.311 e. The summed E-state index contributed by atoms with van der Waals surface area (Å²) in [6.45, 7) is 2.98. The molecular formula is C9H11ClN4O3. The minimum Gasteiger partial charge on any atom is -0.368 e. The van der Waals surface area contributed by atoms with E-state index in [4.69, 9.17) is 17.3 Å². The first kappa shape index (κ1) is 13.2. The summed E-state index contributed by atoms with van der Waals surface area (Å²) in [7, 11) is 0. The number of halogens is 1. The molecule has 0 saturated carbocycles. The Kier molecular flexibility index (Phi) is 3.52. The van der Waals surface area contributed by atoms with Crippen LogP contribution >= 0.6 is 11.6 Å². The van der Waals surface area contributed by atoms with Crippen LogP contribution in [-0.4, -0.2) is 21.4 Å². The van der Waals surface area contributed by atoms with Gasteiger partial charge in [0.15, 0.2) is 0 Å². The number of hydrogen-bond donors (Lipinski definition) is 2. The number of nitrogens with one attached hydrogen (secondary N) is 1. The van der Waals surface area contributed by atoms with Crippen LogP contribution in [-0.2, 0) is 4.79 Å². The molecule has 0 atom stereocenters. The Morgan fingerprint density at radius 3 is 2.65 bits per heavy atom. The van der Waals surface area contributed by atoms with Crippen molar-refractivity contribution in [3.05, 3.63) is 27.4 Å². The van der Waals surface area contributed by atoms with E-state index >= 15 is 0 Å². The summed E-state index contributed by atoms with van der Waals surface area (Å²) in [5.41, 5.74) is 3.71. The lowest BCUT2D eigenvalue weighted by atomic mass is 10.1. The standard InChI is InChI=1S/C9H11ClN4O3/c1-9(2,8(11)15)13-7-5(14(16)17)3-4-6(10)12-7/h3-4H,1-2H3,(H2,11,15)(H,12,13). The topological polar surface area (TPSA) is 111 Å². The normalized spacial score (nSPS) is 11.0. The molecule has 0 aromatic carbocycles. The molecule has 0 unspecified atom stereocenters. The van der Waals surface area contributed by atoms with Gasteiger partial charge >= 0.3 is 5.69 Å². The SMILES string of the molecule is CC(C)(Nc1nc(Cl)ccc1[N+](=O)[O-])C(N)=O. The van der Waals surface area contributed by atoms with E-state index in [1.807, 2.05) is 0 Å². The number of nitrogens with zero attached hydrogens (tertiary/aromatic N) is 2. The Morgan fingerprint density at radius 1 is 1.59 bits per heavy atom. The molecule has 0 fully saturated rings. The van der Waals surface area contributed by atoms with E-state index in [1.54, 1.807) is 0 Å². The average Bonchev–Trinajstić information content (AvgIpc) is 2.15. The van der Waals surface area contributed by atoms with E-state index in [2.05, 4.69) is 10.3 Å². The lowest BCUT2D eigenvalue weighted by Crippen LogP contribution is -2.45. The van der Waals surface area contributed by atoms with Gasteiger partial charge in [0.2, 0.25) is 11.7 Å². The largest absolute Gasteiger partial charge is 0.368 e. The number of nitro groups is 1. The van der Waals surface area contributed by atoms with Crippen molar-refractivity contribution in [1.29, 1.82) is 0 Å². The van der Waals surface area contributed by atoms with Crippen molar-refractivity contribution in [2.45, 2.75) is 19.4 Å². The molecule has 1 aromatic rings. The average molecular weight is 259 g/mol. The summed E-state index contributed by atoms with van der Waals surface area (Å²) in [6.07, 6.45) is 0. The molecular weight excluding hydrogens is 248 g/mol. The Hall–Kier alpha value is -1.89. The zero-order valence-electron chi connectivity index (χ0n) is 9.23. The van der Waals surface area contributed by atoms with E-state index in [-0.39, 0.29) is 16.7 Å². The van der Waals surface area contributed by atoms with E-state index in [0.29, 0.717) is 0 Å². The van der Waals surface area contributed by atoms with Crippen LogP contribution in [0.15, 0.2) is 12.1 Å². The highest BCUT2D eigenvalue weighted by Crippen LogP contribution is 2.26. The highest BCUT2D eigenvalue weighted by Gasteiger charge is 2.28. The molecule has 0 aliphatic heterocycles. The zero-order valence-corrected chi connectivity index (χ0v) is 9.99. The lowest BCUT2D eigenvalue weighted by Gasteiger charge is -2.22. The molecule has 3 N–H and O–H groups in total. The maximum atomic E-state index is 11.1. The van der Waals surface area contributed by atoms with E-state index in [1.165, 1.54) is 26.0 Å². The van der Waals surface area contributed by atoms with Gasteiger partial charge < -0.3 is 11.1 Å². The summed E-state index contributed by atoms with van der Waals surface area (Å²) >= 11 is 5.64. The van der Waals surface area contributed by atoms with Gasteiger partial charge in [0.1, 0.15) is 10.7 Å². The first-order valence-corrected chi connectivity index (χ1v) is 5.01. The summed E-state index contributed by atoms with van der Waals surface area (Å²) in [4.78, 5) is 25.0. The number of nitrogens with two attached hydrogens (primary N) is 1. The van der Waals surface area contributed by atoms with Crippen molar-refractivity contribution in [3.8, 4) is 0 Å². The maximum absolute atomic E-state index is 11.1. The molecule has 0 saturated heterocycles. The number of anilines is 1. The molecule has 8 heteroatoms. The second-order valence-electron chi connectivity index (χ2n) is 3.87. The lowest BCUT2D eigenvalue weighted by molar-refractivity contribution is -0.384. The van der Waals surface area contributed by atoms with Crippen LogP contribution in [0.1, 0.15) is 13.8 Å². The summed E-state index contributed by atoms with van der Waals surface area (Å²) in [5, 5.41) is 13.4. The highest BCUT2D eigenvalue weighted by atomic mass is 35.5. The summed E-state index contributed by atoms with van der Waals surface area (Å²) < 4.78 is 0. The summed E-state index contributed by atoms with van der Waals surface area (Å²) in [6, 6.07) is 2.50. The zero-order chi connectivity index (χ0) is 13.2. The number of primary amides is 1. The third-order valence-electron chi connectivity index (χ3n) is 2.08. The van der Waals surface area contributed by atoms with E-state index in [0.717, 1.165) is 0 Å². The van der Waals surface area contributed by atoms with Gasteiger partial charge in [-0.1, -0.05) is 11.6 Å². The molecule has 0 radical (unpaired) electrons. The van der Waals surface area contributed by atoms with Gasteiger partial charge in [-0.3, -0.25) is 14.9 Å². The Morgan fingerprint density at radius 2 is 2.18 bits per heavy atom. The van der Waals surface area contributed by atoms with Crippen LogP contribution in [0.25, 0.3) is 0 Å². The molecule has 0 spiro atoms. The Labute approximate surface area is 102 Å². The fraction of sp³-hybridized carbons (Fsp3) is 0.333. The molecule has 7 nitrogen and oxygen atoms in total. The van der Waals surface area contributed by atoms with Crippen molar-refractivity contribution in [2.75, 3.05) is 5.32 Å². The van der Waals surface area contributed by atoms with Crippen LogP contribution in [0.4, 0.5) is 11.5 Å². The Bertz CT molecular complexity index is 475. The van der Waals surface area contributed by atoms with Crippen molar-refractivity contribution < 1.29 is 9.72 Å². The predicted octanol–water partition coefficient (Wildman–Crippen LogP) is 1.32. The number of pyridine rings is 1. The monoisotopic (exact) mass is 258 g/mol. The number of carbonyl (C=O) groups excluding carboxylic acids is 1. The second kappa shape index (κ2) is 4.54. The first-order valence-electron chi connectivity index (χ1n) is 4.63. The molecule has 0 aliphatic rings. The van der Waals surface area contributed by atoms with E-state index < -0.39 is 16.4 Å². The Balaban J connectivity index is 3.17. The fourth-order valence-electron chi connectivity index (χ4n) is 1.02. The van der Waals surface area contributed by atoms with Gasteiger partial charge in [-0.05, 0) is 19.9 Å². The van der Waals surface area contributed by atoms with Crippen LogP contribution in [0.3, 0.4) is 0 Å². The quantitative estimate of drug-likeness (QED) is 0.481. The number of carbonyl (C=O) groups is 1. The van der Waals surface area contributed by atoms with Gasteiger partial charge in [0.05, 0.1) is 4.92 Å². The van der Waals surface area contributed by atoms with Gasteiger partial charge in [-0.2, -0.15) is 0 Å². The predicted molar refractivity (Wildman–Crippen MR) is 62.8 cm³/mol. The van der Waals surface area contributed by atoms with Crippen molar-refractivity contribution in [3.63, 3.8) is 0 Å². The number of aromatic nitrogens is 1. The van der Waals surface area contributed by atoms with Gasteiger partial charge in [0, 0.05) is 6.07 Å². The number of amides is 1. The number of rotatable bonds is 4. The molecule has 0 aliphatic carbocycles. The van der Waals surface area contributed by atoms with Crippen LogP contribution < -0.4 is 11.1 Å².